The first kappa shape index (κ1) is 20.6. The van der Waals surface area contributed by atoms with Crippen LogP contribution in [0.1, 0.15) is 30.6 Å². The van der Waals surface area contributed by atoms with Gasteiger partial charge in [0.25, 0.3) is 5.91 Å². The second-order valence-corrected chi connectivity index (χ2v) is 7.76. The molecule has 0 atom stereocenters. The maximum Gasteiger partial charge on any atom is 0.255 e. The third-order valence-electron chi connectivity index (χ3n) is 3.67. The smallest absolute Gasteiger partial charge is 0.255 e. The highest BCUT2D eigenvalue weighted by Gasteiger charge is 2.13. The minimum atomic E-state index is -3.43. The fraction of sp³-hybridized carbons (Fsp3) is 0.316. The zero-order valence-corrected chi connectivity index (χ0v) is 16.4. The Morgan fingerprint density at radius 2 is 1.89 bits per heavy atom. The number of sulfonamides is 1. The molecule has 1 amide bonds. The van der Waals surface area contributed by atoms with Gasteiger partial charge in [-0.2, -0.15) is 0 Å². The maximum absolute atomic E-state index is 12.5. The number of hydrogen-bond acceptors (Lipinski definition) is 5. The second-order valence-electron chi connectivity index (χ2n) is 5.75. The van der Waals surface area contributed by atoms with Gasteiger partial charge >= 0.3 is 0 Å². The normalized spacial score (nSPS) is 10.9. The Kier molecular flexibility index (Phi) is 7.06. The molecule has 0 heterocycles. The summed E-state index contributed by atoms with van der Waals surface area (Å²) >= 11 is 0. The quantitative estimate of drug-likeness (QED) is 0.681. The Morgan fingerprint density at radius 3 is 2.56 bits per heavy atom. The summed E-state index contributed by atoms with van der Waals surface area (Å²) in [4.78, 5) is 12.5. The first-order chi connectivity index (χ1) is 12.9. The minimum absolute atomic E-state index is 0.0505. The Balaban J connectivity index is 2.16. The number of benzene rings is 2. The molecule has 0 unspecified atom stereocenters. The van der Waals surface area contributed by atoms with Crippen molar-refractivity contribution in [2.75, 3.05) is 29.5 Å². The summed E-state index contributed by atoms with van der Waals surface area (Å²) in [6.07, 6.45) is 0.879. The van der Waals surface area contributed by atoms with Crippen molar-refractivity contribution in [3.05, 3.63) is 48.0 Å². The number of methoxy groups -OCH3 is 1. The molecule has 0 radical (unpaired) electrons. The van der Waals surface area contributed by atoms with Gasteiger partial charge in [0.15, 0.2) is 0 Å². The van der Waals surface area contributed by atoms with Crippen molar-refractivity contribution in [1.82, 2.24) is 0 Å². The minimum Gasteiger partial charge on any atom is -0.494 e. The zero-order valence-electron chi connectivity index (χ0n) is 15.6. The van der Waals surface area contributed by atoms with Gasteiger partial charge in [-0.05, 0) is 43.7 Å². The van der Waals surface area contributed by atoms with Crippen molar-refractivity contribution < 1.29 is 22.7 Å². The van der Waals surface area contributed by atoms with Crippen LogP contribution < -0.4 is 19.5 Å². The average molecular weight is 392 g/mol. The standard InChI is InChI=1S/C19H24N2O5S/c1-4-11-26-16-8-6-7-14(12-16)19(22)20-15-9-10-17(18(13-15)25-3)21-27(23,24)5-2/h6-10,12-13,21H,4-5,11H2,1-3H3,(H,20,22). The second kappa shape index (κ2) is 9.27. The first-order valence-corrected chi connectivity index (χ1v) is 10.3. The molecule has 146 valence electrons. The Labute approximate surface area is 159 Å². The number of nitrogens with one attached hydrogen (secondary N) is 2. The van der Waals surface area contributed by atoms with Crippen molar-refractivity contribution in [1.29, 1.82) is 0 Å². The molecule has 2 aromatic carbocycles. The van der Waals surface area contributed by atoms with E-state index in [0.29, 0.717) is 35.0 Å². The molecule has 8 heteroatoms. The van der Waals surface area contributed by atoms with E-state index in [1.54, 1.807) is 49.4 Å². The summed E-state index contributed by atoms with van der Waals surface area (Å²) < 4.78 is 36.7. The van der Waals surface area contributed by atoms with Crippen LogP contribution in [0.2, 0.25) is 0 Å². The number of carbonyl (C=O) groups excluding carboxylic acids is 1. The van der Waals surface area contributed by atoms with Crippen molar-refractivity contribution in [2.45, 2.75) is 20.3 Å². The number of carbonyl (C=O) groups is 1. The summed E-state index contributed by atoms with van der Waals surface area (Å²) in [6.45, 7) is 4.13. The van der Waals surface area contributed by atoms with Crippen molar-refractivity contribution in [3.63, 3.8) is 0 Å². The highest BCUT2D eigenvalue weighted by Crippen LogP contribution is 2.29. The van der Waals surface area contributed by atoms with Crippen molar-refractivity contribution >= 4 is 27.3 Å². The van der Waals surface area contributed by atoms with E-state index in [2.05, 4.69) is 10.0 Å². The summed E-state index contributed by atoms with van der Waals surface area (Å²) in [5, 5.41) is 2.77. The lowest BCUT2D eigenvalue weighted by atomic mass is 10.2. The fourth-order valence-electron chi connectivity index (χ4n) is 2.24. The molecule has 0 bridgehead atoms. The van der Waals surface area contributed by atoms with E-state index in [9.17, 15) is 13.2 Å². The molecule has 2 rings (SSSR count). The average Bonchev–Trinajstić information content (AvgIpc) is 2.67. The molecule has 2 N–H and O–H groups in total. The van der Waals surface area contributed by atoms with Gasteiger partial charge in [-0.25, -0.2) is 8.42 Å². The lowest BCUT2D eigenvalue weighted by Gasteiger charge is -2.13. The number of rotatable bonds is 9. The van der Waals surface area contributed by atoms with Gasteiger partial charge in [0.05, 0.1) is 25.2 Å². The molecule has 27 heavy (non-hydrogen) atoms. The van der Waals surface area contributed by atoms with E-state index in [1.165, 1.54) is 7.11 Å². The van der Waals surface area contributed by atoms with Crippen LogP contribution in [-0.4, -0.2) is 33.8 Å². The van der Waals surface area contributed by atoms with Crippen LogP contribution in [0.4, 0.5) is 11.4 Å². The number of amides is 1. The number of hydrogen-bond donors (Lipinski definition) is 2. The maximum atomic E-state index is 12.5. The van der Waals surface area contributed by atoms with Gasteiger partial charge in [-0.15, -0.1) is 0 Å². The molecule has 0 saturated carbocycles. The molecule has 2 aromatic rings. The molecular weight excluding hydrogens is 368 g/mol. The summed E-state index contributed by atoms with van der Waals surface area (Å²) in [6, 6.07) is 11.6. The highest BCUT2D eigenvalue weighted by atomic mass is 32.2. The third-order valence-corrected chi connectivity index (χ3v) is 4.96. The Hall–Kier alpha value is -2.74. The third kappa shape index (κ3) is 5.89. The van der Waals surface area contributed by atoms with Crippen molar-refractivity contribution in [2.24, 2.45) is 0 Å². The van der Waals surface area contributed by atoms with Crippen molar-refractivity contribution in [3.8, 4) is 11.5 Å². The van der Waals surface area contributed by atoms with Crippen LogP contribution in [0.3, 0.4) is 0 Å². The van der Waals surface area contributed by atoms with E-state index in [4.69, 9.17) is 9.47 Å². The Bertz CT molecular complexity index is 897. The van der Waals surface area contributed by atoms with Gasteiger partial charge in [-0.1, -0.05) is 13.0 Å². The molecule has 0 fully saturated rings. The largest absolute Gasteiger partial charge is 0.494 e. The number of anilines is 2. The van der Waals surface area contributed by atoms with Crippen LogP contribution in [-0.2, 0) is 10.0 Å². The van der Waals surface area contributed by atoms with Gasteiger partial charge in [0.1, 0.15) is 11.5 Å². The van der Waals surface area contributed by atoms with E-state index in [0.717, 1.165) is 6.42 Å². The molecule has 0 aliphatic rings. The molecule has 7 nitrogen and oxygen atoms in total. The summed E-state index contributed by atoms with van der Waals surface area (Å²) in [7, 11) is -2.00. The fourth-order valence-corrected chi connectivity index (χ4v) is 2.89. The SMILES string of the molecule is CCCOc1cccc(C(=O)Nc2ccc(NS(=O)(=O)CC)c(OC)c2)c1. The first-order valence-electron chi connectivity index (χ1n) is 8.61. The number of ether oxygens (including phenoxy) is 2. The lowest BCUT2D eigenvalue weighted by molar-refractivity contribution is 0.102. The molecule has 0 aliphatic heterocycles. The van der Waals surface area contributed by atoms with E-state index >= 15 is 0 Å². The van der Waals surface area contributed by atoms with Crippen LogP contribution in [0.5, 0.6) is 11.5 Å². The van der Waals surface area contributed by atoms with Gasteiger partial charge < -0.3 is 14.8 Å². The summed E-state index contributed by atoms with van der Waals surface area (Å²) in [5.74, 6) is 0.586. The zero-order chi connectivity index (χ0) is 19.9. The van der Waals surface area contributed by atoms with Crippen LogP contribution in [0.15, 0.2) is 42.5 Å². The molecular formula is C19H24N2O5S. The van der Waals surface area contributed by atoms with Gasteiger partial charge in [0.2, 0.25) is 10.0 Å². The lowest BCUT2D eigenvalue weighted by Crippen LogP contribution is -2.16. The van der Waals surface area contributed by atoms with E-state index in [1.807, 2.05) is 6.92 Å². The highest BCUT2D eigenvalue weighted by molar-refractivity contribution is 7.92. The van der Waals surface area contributed by atoms with E-state index < -0.39 is 10.0 Å². The van der Waals surface area contributed by atoms with Crippen LogP contribution in [0, 0.1) is 0 Å². The molecule has 0 aromatic heterocycles. The van der Waals surface area contributed by atoms with Crippen LogP contribution >= 0.6 is 0 Å². The molecule has 0 saturated heterocycles. The predicted molar refractivity (Wildman–Crippen MR) is 106 cm³/mol. The predicted octanol–water partition coefficient (Wildman–Crippen LogP) is 3.50. The topological polar surface area (TPSA) is 93.7 Å². The van der Waals surface area contributed by atoms with E-state index in [-0.39, 0.29) is 11.7 Å². The monoisotopic (exact) mass is 392 g/mol. The van der Waals surface area contributed by atoms with Gasteiger partial charge in [-0.3, -0.25) is 9.52 Å². The molecule has 0 spiro atoms. The Morgan fingerprint density at radius 1 is 1.11 bits per heavy atom. The van der Waals surface area contributed by atoms with Crippen LogP contribution in [0.25, 0.3) is 0 Å². The van der Waals surface area contributed by atoms with Gasteiger partial charge in [0, 0.05) is 17.3 Å². The molecule has 0 aliphatic carbocycles. The summed E-state index contributed by atoms with van der Waals surface area (Å²) in [5.41, 5.74) is 1.25.